The Hall–Kier alpha value is -1.77. The molecule has 0 saturated carbocycles. The average molecular weight is 272 g/mol. The predicted octanol–water partition coefficient (Wildman–Crippen LogP) is 4.49. The van der Waals surface area contributed by atoms with E-state index < -0.39 is 0 Å². The van der Waals surface area contributed by atoms with E-state index >= 15 is 0 Å². The summed E-state index contributed by atoms with van der Waals surface area (Å²) in [6.07, 6.45) is 2.99. The number of aromatic hydroxyl groups is 1. The Morgan fingerprint density at radius 3 is 2.55 bits per heavy atom. The zero-order valence-electron chi connectivity index (χ0n) is 12.8. The number of aryl methyl sites for hydroxylation is 2. The third kappa shape index (κ3) is 2.72. The highest BCUT2D eigenvalue weighted by atomic mass is 16.3. The van der Waals surface area contributed by atoms with Crippen molar-refractivity contribution in [1.29, 1.82) is 0 Å². The van der Waals surface area contributed by atoms with Crippen LogP contribution in [0.15, 0.2) is 24.3 Å². The van der Waals surface area contributed by atoms with Crippen molar-refractivity contribution in [3.63, 3.8) is 0 Å². The van der Waals surface area contributed by atoms with E-state index in [-0.39, 0.29) is 6.04 Å². The van der Waals surface area contributed by atoms with Gasteiger partial charge in [-0.2, -0.15) is 5.10 Å². The smallest absolute Gasteiger partial charge is 0.164 e. The molecule has 20 heavy (non-hydrogen) atoms. The molecule has 0 fully saturated rings. The topological polar surface area (TPSA) is 38.0 Å². The van der Waals surface area contributed by atoms with E-state index in [0.717, 1.165) is 41.8 Å². The summed E-state index contributed by atoms with van der Waals surface area (Å²) in [5, 5.41) is 15.2. The highest BCUT2D eigenvalue weighted by Crippen LogP contribution is 2.36. The number of nitrogens with zero attached hydrogens (tertiary/aromatic N) is 2. The van der Waals surface area contributed by atoms with Gasteiger partial charge < -0.3 is 5.11 Å². The van der Waals surface area contributed by atoms with Crippen molar-refractivity contribution >= 4 is 0 Å². The van der Waals surface area contributed by atoms with Gasteiger partial charge in [0, 0.05) is 11.6 Å². The molecule has 0 amide bonds. The van der Waals surface area contributed by atoms with Crippen LogP contribution in [0.2, 0.25) is 0 Å². The van der Waals surface area contributed by atoms with Crippen LogP contribution in [0.3, 0.4) is 0 Å². The van der Waals surface area contributed by atoms with Gasteiger partial charge in [-0.15, -0.1) is 0 Å². The van der Waals surface area contributed by atoms with E-state index in [1.807, 2.05) is 16.8 Å². The average Bonchev–Trinajstić information content (AvgIpc) is 2.74. The van der Waals surface area contributed by atoms with Crippen LogP contribution in [0, 0.1) is 6.92 Å². The standard InChI is InChI=1S/C17H24N2O/c1-5-6-11-15-17(20)16(19(18-15)12(2)3)14-10-8-7-9-13(14)4/h7-10,12,20H,5-6,11H2,1-4H3. The normalized spacial score (nSPS) is 11.2. The first-order valence-electron chi connectivity index (χ1n) is 7.42. The molecule has 0 radical (unpaired) electrons. The van der Waals surface area contributed by atoms with Crippen molar-refractivity contribution in [2.45, 2.75) is 53.0 Å². The van der Waals surface area contributed by atoms with Gasteiger partial charge in [0.05, 0.1) is 0 Å². The Morgan fingerprint density at radius 1 is 1.25 bits per heavy atom. The summed E-state index contributed by atoms with van der Waals surface area (Å²) in [6, 6.07) is 8.37. The van der Waals surface area contributed by atoms with E-state index in [9.17, 15) is 5.11 Å². The van der Waals surface area contributed by atoms with Gasteiger partial charge in [0.25, 0.3) is 0 Å². The quantitative estimate of drug-likeness (QED) is 0.871. The van der Waals surface area contributed by atoms with E-state index in [4.69, 9.17) is 0 Å². The van der Waals surface area contributed by atoms with Gasteiger partial charge in [0.2, 0.25) is 0 Å². The van der Waals surface area contributed by atoms with Crippen LogP contribution in [0.4, 0.5) is 0 Å². The predicted molar refractivity (Wildman–Crippen MR) is 83.1 cm³/mol. The monoisotopic (exact) mass is 272 g/mol. The zero-order valence-corrected chi connectivity index (χ0v) is 12.8. The Kier molecular flexibility index (Phi) is 4.48. The van der Waals surface area contributed by atoms with Gasteiger partial charge in [-0.1, -0.05) is 37.6 Å². The maximum absolute atomic E-state index is 10.6. The molecule has 0 aliphatic carbocycles. The molecule has 3 nitrogen and oxygen atoms in total. The molecule has 0 atom stereocenters. The Balaban J connectivity index is 2.56. The molecule has 0 aliphatic rings. The number of benzene rings is 1. The van der Waals surface area contributed by atoms with E-state index in [2.05, 4.69) is 44.9 Å². The second-order valence-electron chi connectivity index (χ2n) is 5.60. The van der Waals surface area contributed by atoms with Crippen molar-refractivity contribution in [3.05, 3.63) is 35.5 Å². The maximum Gasteiger partial charge on any atom is 0.164 e. The number of hydrogen-bond acceptors (Lipinski definition) is 2. The highest BCUT2D eigenvalue weighted by molar-refractivity contribution is 5.70. The van der Waals surface area contributed by atoms with Gasteiger partial charge in [0.1, 0.15) is 11.4 Å². The van der Waals surface area contributed by atoms with Crippen molar-refractivity contribution in [2.24, 2.45) is 0 Å². The minimum absolute atomic E-state index is 0.228. The molecular formula is C17H24N2O. The Bertz CT molecular complexity index is 585. The molecule has 1 heterocycles. The molecule has 0 aliphatic heterocycles. The molecule has 2 rings (SSSR count). The lowest BCUT2D eigenvalue weighted by atomic mass is 10.0. The molecular weight excluding hydrogens is 248 g/mol. The summed E-state index contributed by atoms with van der Waals surface area (Å²) in [7, 11) is 0. The fourth-order valence-electron chi connectivity index (χ4n) is 2.45. The molecule has 108 valence electrons. The molecule has 2 aromatic rings. The minimum atomic E-state index is 0.228. The van der Waals surface area contributed by atoms with E-state index in [1.54, 1.807) is 0 Å². The van der Waals surface area contributed by atoms with Gasteiger partial charge in [-0.3, -0.25) is 4.68 Å². The zero-order chi connectivity index (χ0) is 14.7. The molecule has 0 bridgehead atoms. The van der Waals surface area contributed by atoms with E-state index in [1.165, 1.54) is 0 Å². The van der Waals surface area contributed by atoms with Crippen molar-refractivity contribution in [2.75, 3.05) is 0 Å². The van der Waals surface area contributed by atoms with Crippen molar-refractivity contribution < 1.29 is 5.11 Å². The van der Waals surface area contributed by atoms with Crippen LogP contribution in [0.5, 0.6) is 5.75 Å². The number of hydrogen-bond donors (Lipinski definition) is 1. The van der Waals surface area contributed by atoms with Crippen LogP contribution < -0.4 is 0 Å². The molecule has 0 saturated heterocycles. The molecule has 0 spiro atoms. The Morgan fingerprint density at radius 2 is 1.95 bits per heavy atom. The molecule has 1 aromatic carbocycles. The summed E-state index contributed by atoms with van der Waals surface area (Å²) in [4.78, 5) is 0. The minimum Gasteiger partial charge on any atom is -0.504 e. The SMILES string of the molecule is CCCCc1nn(C(C)C)c(-c2ccccc2C)c1O. The molecule has 1 N–H and O–H groups in total. The largest absolute Gasteiger partial charge is 0.504 e. The van der Waals surface area contributed by atoms with Crippen LogP contribution in [-0.2, 0) is 6.42 Å². The van der Waals surface area contributed by atoms with E-state index in [0.29, 0.717) is 5.75 Å². The fourth-order valence-corrected chi connectivity index (χ4v) is 2.45. The summed E-state index contributed by atoms with van der Waals surface area (Å²) in [6.45, 7) is 8.41. The van der Waals surface area contributed by atoms with Crippen LogP contribution >= 0.6 is 0 Å². The first-order valence-corrected chi connectivity index (χ1v) is 7.42. The summed E-state index contributed by atoms with van der Waals surface area (Å²) in [5.41, 5.74) is 3.89. The van der Waals surface area contributed by atoms with Crippen LogP contribution in [0.1, 0.15) is 50.9 Å². The van der Waals surface area contributed by atoms with Crippen LogP contribution in [-0.4, -0.2) is 14.9 Å². The maximum atomic E-state index is 10.6. The number of unbranched alkanes of at least 4 members (excludes halogenated alkanes) is 1. The van der Waals surface area contributed by atoms with Gasteiger partial charge in [-0.25, -0.2) is 0 Å². The Labute approximate surface area is 121 Å². The summed E-state index contributed by atoms with van der Waals surface area (Å²) < 4.78 is 1.95. The lowest BCUT2D eigenvalue weighted by molar-refractivity contribution is 0.467. The first-order chi connectivity index (χ1) is 9.56. The number of aromatic nitrogens is 2. The van der Waals surface area contributed by atoms with Gasteiger partial charge in [0.15, 0.2) is 5.75 Å². The highest BCUT2D eigenvalue weighted by Gasteiger charge is 2.20. The van der Waals surface area contributed by atoms with Crippen molar-refractivity contribution in [1.82, 2.24) is 9.78 Å². The molecule has 1 aromatic heterocycles. The first kappa shape index (κ1) is 14.6. The second-order valence-corrected chi connectivity index (χ2v) is 5.60. The third-order valence-electron chi connectivity index (χ3n) is 3.61. The molecule has 3 heteroatoms. The second kappa shape index (κ2) is 6.12. The fraction of sp³-hybridized carbons (Fsp3) is 0.471. The molecule has 0 unspecified atom stereocenters. The third-order valence-corrected chi connectivity index (χ3v) is 3.61. The lowest BCUT2D eigenvalue weighted by Gasteiger charge is -2.12. The number of rotatable bonds is 5. The van der Waals surface area contributed by atoms with Gasteiger partial charge >= 0.3 is 0 Å². The van der Waals surface area contributed by atoms with Gasteiger partial charge in [-0.05, 0) is 39.2 Å². The van der Waals surface area contributed by atoms with Crippen molar-refractivity contribution in [3.8, 4) is 17.0 Å². The summed E-state index contributed by atoms with van der Waals surface area (Å²) >= 11 is 0. The summed E-state index contributed by atoms with van der Waals surface area (Å²) in [5.74, 6) is 0.349. The lowest BCUT2D eigenvalue weighted by Crippen LogP contribution is -2.05. The van der Waals surface area contributed by atoms with Crippen LogP contribution in [0.25, 0.3) is 11.3 Å².